The number of anilines is 2. The quantitative estimate of drug-likeness (QED) is 0.887. The van der Waals surface area contributed by atoms with Gasteiger partial charge in [-0.05, 0) is 37.8 Å². The van der Waals surface area contributed by atoms with Gasteiger partial charge in [0.2, 0.25) is 15.9 Å². The number of hydrogen-bond donors (Lipinski definition) is 1. The highest BCUT2D eigenvalue weighted by atomic mass is 32.2. The van der Waals surface area contributed by atoms with Crippen LogP contribution in [0.4, 0.5) is 11.5 Å². The lowest BCUT2D eigenvalue weighted by Crippen LogP contribution is -2.42. The number of carbonyl (C=O) groups excluding carboxylic acids is 1. The predicted octanol–water partition coefficient (Wildman–Crippen LogP) is 1.04. The number of pyridine rings is 1. The van der Waals surface area contributed by atoms with E-state index in [9.17, 15) is 13.2 Å². The van der Waals surface area contributed by atoms with E-state index in [1.165, 1.54) is 17.1 Å². The molecule has 1 aromatic rings. The zero-order valence-corrected chi connectivity index (χ0v) is 14.1. The molecule has 0 aromatic carbocycles. The van der Waals surface area contributed by atoms with Crippen LogP contribution in [-0.4, -0.2) is 55.5 Å². The van der Waals surface area contributed by atoms with Gasteiger partial charge in [0.25, 0.3) is 0 Å². The summed E-state index contributed by atoms with van der Waals surface area (Å²) >= 11 is 0. The molecule has 1 aromatic heterocycles. The smallest absolute Gasteiger partial charge is 0.242 e. The molecule has 0 saturated carbocycles. The fraction of sp³-hybridized carbons (Fsp3) is 0.600. The van der Waals surface area contributed by atoms with E-state index in [1.54, 1.807) is 6.20 Å². The molecule has 1 N–H and O–H groups in total. The van der Waals surface area contributed by atoms with Crippen molar-refractivity contribution >= 4 is 27.4 Å². The Labute approximate surface area is 136 Å². The van der Waals surface area contributed by atoms with Crippen LogP contribution in [0.3, 0.4) is 0 Å². The van der Waals surface area contributed by atoms with Crippen LogP contribution in [0.2, 0.25) is 0 Å². The first-order chi connectivity index (χ1) is 10.9. The van der Waals surface area contributed by atoms with E-state index in [1.807, 2.05) is 12.1 Å². The highest BCUT2D eigenvalue weighted by Gasteiger charge is 2.36. The van der Waals surface area contributed by atoms with E-state index >= 15 is 0 Å². The molecule has 0 unspecified atom stereocenters. The molecule has 7 nitrogen and oxygen atoms in total. The molecule has 0 bridgehead atoms. The Balaban J connectivity index is 1.65. The van der Waals surface area contributed by atoms with Crippen molar-refractivity contribution in [2.24, 2.45) is 0 Å². The molecule has 3 heterocycles. The standard InChI is InChI=1S/C15H22N4O3S/c1-23(21,22)19-10-4-5-13(19)15(20)17-12-6-7-14(16-11-12)18-8-2-3-9-18/h6-7,11,13H,2-5,8-10H2,1H3,(H,17,20)/t13-/m0/s1. The molecule has 0 aliphatic carbocycles. The SMILES string of the molecule is CS(=O)(=O)N1CCC[C@H]1C(=O)Nc1ccc(N2CCCC2)nc1. The summed E-state index contributed by atoms with van der Waals surface area (Å²) in [5.41, 5.74) is 0.596. The average Bonchev–Trinajstić information content (AvgIpc) is 3.19. The van der Waals surface area contributed by atoms with Gasteiger partial charge in [0, 0.05) is 19.6 Å². The number of nitrogens with zero attached hydrogens (tertiary/aromatic N) is 3. The maximum absolute atomic E-state index is 12.4. The molecular weight excluding hydrogens is 316 g/mol. The zero-order chi connectivity index (χ0) is 16.4. The fourth-order valence-corrected chi connectivity index (χ4v) is 4.34. The summed E-state index contributed by atoms with van der Waals surface area (Å²) in [7, 11) is -3.36. The second-order valence-corrected chi connectivity index (χ2v) is 8.06. The second kappa shape index (κ2) is 6.45. The molecule has 2 fully saturated rings. The van der Waals surface area contributed by atoms with Crippen molar-refractivity contribution < 1.29 is 13.2 Å². The van der Waals surface area contributed by atoms with Gasteiger partial charge in [0.1, 0.15) is 11.9 Å². The Kier molecular flexibility index (Phi) is 4.54. The topological polar surface area (TPSA) is 82.6 Å². The van der Waals surface area contributed by atoms with Gasteiger partial charge in [-0.2, -0.15) is 4.31 Å². The summed E-state index contributed by atoms with van der Waals surface area (Å²) in [5.74, 6) is 0.628. The minimum Gasteiger partial charge on any atom is -0.357 e. The fourth-order valence-electron chi connectivity index (χ4n) is 3.22. The number of rotatable bonds is 4. The normalized spacial score (nSPS) is 22.5. The molecule has 8 heteroatoms. The van der Waals surface area contributed by atoms with Crippen molar-refractivity contribution in [3.05, 3.63) is 18.3 Å². The van der Waals surface area contributed by atoms with Crippen molar-refractivity contribution in [3.8, 4) is 0 Å². The molecular formula is C15H22N4O3S. The lowest BCUT2D eigenvalue weighted by atomic mass is 10.2. The molecule has 0 radical (unpaired) electrons. The van der Waals surface area contributed by atoms with Gasteiger partial charge >= 0.3 is 0 Å². The van der Waals surface area contributed by atoms with Crippen molar-refractivity contribution in [3.63, 3.8) is 0 Å². The van der Waals surface area contributed by atoms with Gasteiger partial charge in [-0.25, -0.2) is 13.4 Å². The summed E-state index contributed by atoms with van der Waals surface area (Å²) in [6, 6.07) is 3.09. The minimum absolute atomic E-state index is 0.288. The summed E-state index contributed by atoms with van der Waals surface area (Å²) in [6.07, 6.45) is 6.40. The van der Waals surface area contributed by atoms with Gasteiger partial charge in [0.05, 0.1) is 18.1 Å². The van der Waals surface area contributed by atoms with Gasteiger partial charge in [-0.15, -0.1) is 0 Å². The predicted molar refractivity (Wildman–Crippen MR) is 88.9 cm³/mol. The van der Waals surface area contributed by atoms with Crippen molar-refractivity contribution in [2.45, 2.75) is 31.7 Å². The van der Waals surface area contributed by atoms with E-state index < -0.39 is 16.1 Å². The first-order valence-electron chi connectivity index (χ1n) is 7.94. The zero-order valence-electron chi connectivity index (χ0n) is 13.2. The number of hydrogen-bond acceptors (Lipinski definition) is 5. The van der Waals surface area contributed by atoms with E-state index in [0.717, 1.165) is 25.2 Å². The van der Waals surface area contributed by atoms with Crippen LogP contribution in [-0.2, 0) is 14.8 Å². The molecule has 0 spiro atoms. The molecule has 126 valence electrons. The molecule has 3 rings (SSSR count). The van der Waals surface area contributed by atoms with Crippen molar-refractivity contribution in [2.75, 3.05) is 36.1 Å². The van der Waals surface area contributed by atoms with Crippen molar-refractivity contribution in [1.82, 2.24) is 9.29 Å². The van der Waals surface area contributed by atoms with Crippen LogP contribution < -0.4 is 10.2 Å². The van der Waals surface area contributed by atoms with Gasteiger partial charge in [0.15, 0.2) is 0 Å². The summed E-state index contributed by atoms with van der Waals surface area (Å²) in [4.78, 5) is 19.0. The monoisotopic (exact) mass is 338 g/mol. The van der Waals surface area contributed by atoms with Crippen LogP contribution in [0.1, 0.15) is 25.7 Å². The largest absolute Gasteiger partial charge is 0.357 e. The molecule has 23 heavy (non-hydrogen) atoms. The Morgan fingerprint density at radius 2 is 1.96 bits per heavy atom. The molecule has 1 atom stereocenters. The summed E-state index contributed by atoms with van der Waals surface area (Å²) < 4.78 is 24.7. The number of amides is 1. The lowest BCUT2D eigenvalue weighted by Gasteiger charge is -2.21. The highest BCUT2D eigenvalue weighted by molar-refractivity contribution is 7.88. The number of carbonyl (C=O) groups is 1. The maximum atomic E-state index is 12.4. The van der Waals surface area contributed by atoms with Crippen LogP contribution >= 0.6 is 0 Å². The number of sulfonamides is 1. The third kappa shape index (κ3) is 3.64. The van der Waals surface area contributed by atoms with E-state index in [-0.39, 0.29) is 5.91 Å². The maximum Gasteiger partial charge on any atom is 0.242 e. The Morgan fingerprint density at radius 1 is 1.22 bits per heavy atom. The van der Waals surface area contributed by atoms with E-state index in [2.05, 4.69) is 15.2 Å². The Morgan fingerprint density at radius 3 is 2.57 bits per heavy atom. The van der Waals surface area contributed by atoms with Crippen LogP contribution in [0.15, 0.2) is 18.3 Å². The second-order valence-electron chi connectivity index (χ2n) is 6.12. The van der Waals surface area contributed by atoms with Gasteiger partial charge < -0.3 is 10.2 Å². The van der Waals surface area contributed by atoms with Crippen LogP contribution in [0, 0.1) is 0 Å². The summed E-state index contributed by atoms with van der Waals surface area (Å²) in [5, 5.41) is 2.78. The third-order valence-electron chi connectivity index (χ3n) is 4.38. The highest BCUT2D eigenvalue weighted by Crippen LogP contribution is 2.23. The Bertz CT molecular complexity index is 668. The molecule has 1 amide bonds. The molecule has 2 aliphatic heterocycles. The number of aromatic nitrogens is 1. The third-order valence-corrected chi connectivity index (χ3v) is 5.67. The van der Waals surface area contributed by atoms with Crippen LogP contribution in [0.5, 0.6) is 0 Å². The van der Waals surface area contributed by atoms with Gasteiger partial charge in [-0.1, -0.05) is 0 Å². The molecule has 2 saturated heterocycles. The Hall–Kier alpha value is -1.67. The number of nitrogens with one attached hydrogen (secondary N) is 1. The average molecular weight is 338 g/mol. The lowest BCUT2D eigenvalue weighted by molar-refractivity contribution is -0.119. The summed E-state index contributed by atoms with van der Waals surface area (Å²) in [6.45, 7) is 2.44. The first-order valence-corrected chi connectivity index (χ1v) is 9.79. The van der Waals surface area contributed by atoms with Crippen LogP contribution in [0.25, 0.3) is 0 Å². The van der Waals surface area contributed by atoms with Gasteiger partial charge in [-0.3, -0.25) is 4.79 Å². The minimum atomic E-state index is -3.36. The first kappa shape index (κ1) is 16.2. The molecule has 2 aliphatic rings. The van der Waals surface area contributed by atoms with E-state index in [4.69, 9.17) is 0 Å². The van der Waals surface area contributed by atoms with Crippen molar-refractivity contribution in [1.29, 1.82) is 0 Å². The van der Waals surface area contributed by atoms with E-state index in [0.29, 0.717) is 25.1 Å².